The first-order valence-electron chi connectivity index (χ1n) is 9.54. The van der Waals surface area contributed by atoms with Crippen LogP contribution in [-0.2, 0) is 19.0 Å². The normalized spacial score (nSPS) is 25.5. The average Bonchev–Trinajstić information content (AvgIpc) is 3.11. The molecule has 0 bridgehead atoms. The van der Waals surface area contributed by atoms with E-state index in [0.717, 1.165) is 31.2 Å². The van der Waals surface area contributed by atoms with E-state index in [1.165, 1.54) is 0 Å². The van der Waals surface area contributed by atoms with Gasteiger partial charge in [-0.3, -0.25) is 9.08 Å². The van der Waals surface area contributed by atoms with Crippen LogP contribution in [0.2, 0.25) is 0 Å². The number of carbonyl (C=O) groups excluding carboxylic acids is 1. The summed E-state index contributed by atoms with van der Waals surface area (Å²) in [4.78, 5) is 14.6. The van der Waals surface area contributed by atoms with Gasteiger partial charge in [0, 0.05) is 6.04 Å². The molecule has 1 aliphatic heterocycles. The summed E-state index contributed by atoms with van der Waals surface area (Å²) in [6.45, 7) is 7.36. The minimum absolute atomic E-state index is 0.0392. The van der Waals surface area contributed by atoms with Crippen LogP contribution >= 0.6 is 0 Å². The van der Waals surface area contributed by atoms with Crippen LogP contribution < -0.4 is 0 Å². The number of likely N-dealkylation sites (tertiary alicyclic amines) is 1. The Morgan fingerprint density at radius 3 is 2.48 bits per heavy atom. The first kappa shape index (κ1) is 20.1. The second-order valence-electron chi connectivity index (χ2n) is 8.59. The van der Waals surface area contributed by atoms with Gasteiger partial charge in [0.25, 0.3) is 10.1 Å². The van der Waals surface area contributed by atoms with Crippen molar-refractivity contribution < 1.29 is 22.1 Å². The molecule has 27 heavy (non-hydrogen) atoms. The molecule has 1 saturated carbocycles. The highest BCUT2D eigenvalue weighted by atomic mass is 32.2. The molecule has 0 N–H and O–H groups in total. The Labute approximate surface area is 162 Å². The standard InChI is InChI=1S/C20H29NO5S/c1-14-8-10-17(11-9-14)27(23,24)25-13-16-12-15-6-5-7-18(15)21(16)19(22)26-20(2,3)4/h8-11,15-16,18H,5-7,12-13H2,1-4H3/t15-,16-,18-/m0/s1. The van der Waals surface area contributed by atoms with E-state index >= 15 is 0 Å². The zero-order valence-electron chi connectivity index (χ0n) is 16.5. The van der Waals surface area contributed by atoms with E-state index < -0.39 is 15.7 Å². The molecule has 2 fully saturated rings. The van der Waals surface area contributed by atoms with Crippen molar-refractivity contribution in [2.75, 3.05) is 6.61 Å². The van der Waals surface area contributed by atoms with E-state index in [1.54, 1.807) is 29.2 Å². The Morgan fingerprint density at radius 2 is 1.85 bits per heavy atom. The van der Waals surface area contributed by atoms with Crippen molar-refractivity contribution in [3.05, 3.63) is 29.8 Å². The molecule has 3 atom stereocenters. The fourth-order valence-electron chi connectivity index (χ4n) is 4.08. The van der Waals surface area contributed by atoms with Crippen molar-refractivity contribution in [3.8, 4) is 0 Å². The summed E-state index contributed by atoms with van der Waals surface area (Å²) in [5, 5.41) is 0. The van der Waals surface area contributed by atoms with Gasteiger partial charge in [0.2, 0.25) is 0 Å². The number of hydrogen-bond donors (Lipinski definition) is 0. The lowest BCUT2D eigenvalue weighted by Crippen LogP contribution is -2.46. The van der Waals surface area contributed by atoms with E-state index in [1.807, 2.05) is 27.7 Å². The zero-order chi connectivity index (χ0) is 19.8. The molecule has 1 aliphatic carbocycles. The van der Waals surface area contributed by atoms with E-state index in [4.69, 9.17) is 8.92 Å². The van der Waals surface area contributed by atoms with Gasteiger partial charge in [0.1, 0.15) is 5.60 Å². The first-order valence-corrected chi connectivity index (χ1v) is 10.9. The van der Waals surface area contributed by atoms with Crippen LogP contribution in [0.25, 0.3) is 0 Å². The predicted octanol–water partition coefficient (Wildman–Crippen LogP) is 3.88. The summed E-state index contributed by atoms with van der Waals surface area (Å²) in [6, 6.07) is 6.40. The first-order chi connectivity index (χ1) is 12.6. The van der Waals surface area contributed by atoms with Gasteiger partial charge in [-0.1, -0.05) is 24.1 Å². The van der Waals surface area contributed by atoms with Crippen molar-refractivity contribution in [3.63, 3.8) is 0 Å². The van der Waals surface area contributed by atoms with E-state index in [-0.39, 0.29) is 29.7 Å². The molecule has 1 aromatic rings. The van der Waals surface area contributed by atoms with Gasteiger partial charge in [0.15, 0.2) is 0 Å². The third kappa shape index (κ3) is 4.63. The predicted molar refractivity (Wildman–Crippen MR) is 102 cm³/mol. The monoisotopic (exact) mass is 395 g/mol. The SMILES string of the molecule is Cc1ccc(S(=O)(=O)OC[C@@H]2C[C@@H]3CCC[C@@H]3N2C(=O)OC(C)(C)C)cc1. The number of hydrogen-bond acceptors (Lipinski definition) is 5. The molecule has 7 heteroatoms. The molecule has 1 aromatic carbocycles. The molecule has 0 spiro atoms. The summed E-state index contributed by atoms with van der Waals surface area (Å²) in [7, 11) is -3.85. The van der Waals surface area contributed by atoms with Crippen molar-refractivity contribution in [2.45, 2.75) is 76.0 Å². The Bertz CT molecular complexity index is 782. The van der Waals surface area contributed by atoms with Crippen LogP contribution in [0.5, 0.6) is 0 Å². The molecular formula is C20H29NO5S. The highest BCUT2D eigenvalue weighted by Crippen LogP contribution is 2.42. The van der Waals surface area contributed by atoms with Crippen LogP contribution in [0.3, 0.4) is 0 Å². The average molecular weight is 396 g/mol. The van der Waals surface area contributed by atoms with Crippen molar-refractivity contribution in [1.29, 1.82) is 0 Å². The summed E-state index contributed by atoms with van der Waals surface area (Å²) >= 11 is 0. The van der Waals surface area contributed by atoms with E-state index in [0.29, 0.717) is 5.92 Å². The number of nitrogens with zero attached hydrogens (tertiary/aromatic N) is 1. The smallest absolute Gasteiger partial charge is 0.410 e. The van der Waals surface area contributed by atoms with Gasteiger partial charge < -0.3 is 4.74 Å². The molecule has 150 valence electrons. The number of benzene rings is 1. The van der Waals surface area contributed by atoms with E-state index in [2.05, 4.69) is 0 Å². The van der Waals surface area contributed by atoms with Crippen LogP contribution in [0.15, 0.2) is 29.2 Å². The number of rotatable bonds is 4. The number of fused-ring (bicyclic) bond motifs is 1. The van der Waals surface area contributed by atoms with Gasteiger partial charge in [0.05, 0.1) is 17.5 Å². The van der Waals surface area contributed by atoms with Crippen molar-refractivity contribution in [2.24, 2.45) is 5.92 Å². The Kier molecular flexibility index (Phi) is 5.54. The second-order valence-corrected chi connectivity index (χ2v) is 10.2. The van der Waals surface area contributed by atoms with Crippen LogP contribution in [0.1, 0.15) is 52.0 Å². The molecule has 3 rings (SSSR count). The van der Waals surface area contributed by atoms with Crippen LogP contribution in [-0.4, -0.2) is 43.7 Å². The quantitative estimate of drug-likeness (QED) is 0.724. The molecule has 0 aromatic heterocycles. The molecule has 0 unspecified atom stereocenters. The van der Waals surface area contributed by atoms with Crippen LogP contribution in [0, 0.1) is 12.8 Å². The van der Waals surface area contributed by atoms with E-state index in [9.17, 15) is 13.2 Å². The van der Waals surface area contributed by atoms with Crippen molar-refractivity contribution in [1.82, 2.24) is 4.90 Å². The topological polar surface area (TPSA) is 72.9 Å². The molecule has 1 heterocycles. The summed E-state index contributed by atoms with van der Waals surface area (Å²) in [5.74, 6) is 0.396. The van der Waals surface area contributed by atoms with Crippen molar-refractivity contribution >= 4 is 16.2 Å². The minimum Gasteiger partial charge on any atom is -0.444 e. The molecule has 6 nitrogen and oxygen atoms in total. The largest absolute Gasteiger partial charge is 0.444 e. The second kappa shape index (κ2) is 7.43. The Hall–Kier alpha value is -1.60. The number of ether oxygens (including phenoxy) is 1. The van der Waals surface area contributed by atoms with Gasteiger partial charge in [-0.2, -0.15) is 8.42 Å². The van der Waals surface area contributed by atoms with Gasteiger partial charge in [-0.25, -0.2) is 4.79 Å². The third-order valence-corrected chi connectivity index (χ3v) is 6.57. The maximum atomic E-state index is 12.7. The maximum Gasteiger partial charge on any atom is 0.410 e. The Morgan fingerprint density at radius 1 is 1.19 bits per heavy atom. The molecule has 2 aliphatic rings. The van der Waals surface area contributed by atoms with Gasteiger partial charge >= 0.3 is 6.09 Å². The number of carbonyl (C=O) groups is 1. The Balaban J connectivity index is 1.72. The lowest BCUT2D eigenvalue weighted by Gasteiger charge is -2.32. The molecule has 0 radical (unpaired) electrons. The molecule has 1 saturated heterocycles. The highest BCUT2D eigenvalue weighted by molar-refractivity contribution is 7.86. The van der Waals surface area contributed by atoms with Gasteiger partial charge in [-0.05, 0) is 65.0 Å². The maximum absolute atomic E-state index is 12.7. The third-order valence-electron chi connectivity index (χ3n) is 5.27. The zero-order valence-corrected chi connectivity index (χ0v) is 17.3. The fourth-order valence-corrected chi connectivity index (χ4v) is 5.02. The summed E-state index contributed by atoms with van der Waals surface area (Å²) in [6.07, 6.45) is 3.46. The lowest BCUT2D eigenvalue weighted by molar-refractivity contribution is 0.00979. The summed E-state index contributed by atoms with van der Waals surface area (Å²) in [5.41, 5.74) is 0.390. The number of aryl methyl sites for hydroxylation is 1. The lowest BCUT2D eigenvalue weighted by atomic mass is 10.0. The fraction of sp³-hybridized carbons (Fsp3) is 0.650. The summed E-state index contributed by atoms with van der Waals surface area (Å²) < 4.78 is 35.9. The highest BCUT2D eigenvalue weighted by Gasteiger charge is 2.47. The van der Waals surface area contributed by atoms with Gasteiger partial charge in [-0.15, -0.1) is 0 Å². The minimum atomic E-state index is -3.85. The molecule has 1 amide bonds. The number of amides is 1. The van der Waals surface area contributed by atoms with Crippen LogP contribution in [0.4, 0.5) is 4.79 Å². The molecular weight excluding hydrogens is 366 g/mol.